The Balaban J connectivity index is 2.18. The standard InChI is InChI=1S/C19H22N2O2/c1-3-23-19(22)14(2)11-15-6-8-16(9-7-15)18(12-20)17-5-4-10-21-13-17/h4-11,13,18H,3,12,20H2,1-2H3/b14-11+. The first-order valence-corrected chi connectivity index (χ1v) is 7.71. The minimum atomic E-state index is -0.285. The van der Waals surface area contributed by atoms with Crippen molar-refractivity contribution in [2.24, 2.45) is 5.73 Å². The number of hydrogen-bond donors (Lipinski definition) is 1. The SMILES string of the molecule is CCOC(=O)/C(C)=C/c1ccc(C(CN)c2cccnc2)cc1. The van der Waals surface area contributed by atoms with Crippen LogP contribution in [-0.2, 0) is 9.53 Å². The fourth-order valence-corrected chi connectivity index (χ4v) is 2.43. The summed E-state index contributed by atoms with van der Waals surface area (Å²) in [5.41, 5.74) is 9.70. The highest BCUT2D eigenvalue weighted by atomic mass is 16.5. The van der Waals surface area contributed by atoms with Crippen molar-refractivity contribution < 1.29 is 9.53 Å². The van der Waals surface area contributed by atoms with Crippen LogP contribution in [0.25, 0.3) is 6.08 Å². The smallest absolute Gasteiger partial charge is 0.333 e. The van der Waals surface area contributed by atoms with E-state index in [2.05, 4.69) is 4.98 Å². The molecule has 2 N–H and O–H groups in total. The Hall–Kier alpha value is -2.46. The van der Waals surface area contributed by atoms with Gasteiger partial charge in [-0.15, -0.1) is 0 Å². The number of rotatable bonds is 6. The number of aromatic nitrogens is 1. The summed E-state index contributed by atoms with van der Waals surface area (Å²) in [5.74, 6) is -0.167. The van der Waals surface area contributed by atoms with E-state index in [1.165, 1.54) is 0 Å². The molecule has 23 heavy (non-hydrogen) atoms. The van der Waals surface area contributed by atoms with Crippen molar-refractivity contribution >= 4 is 12.0 Å². The van der Waals surface area contributed by atoms with Crippen molar-refractivity contribution in [3.05, 3.63) is 71.1 Å². The Morgan fingerprint density at radius 2 is 2.00 bits per heavy atom. The highest BCUT2D eigenvalue weighted by Crippen LogP contribution is 2.23. The zero-order valence-corrected chi connectivity index (χ0v) is 13.5. The molecule has 1 atom stereocenters. The summed E-state index contributed by atoms with van der Waals surface area (Å²) in [7, 11) is 0. The Morgan fingerprint density at radius 1 is 1.26 bits per heavy atom. The molecule has 0 radical (unpaired) electrons. The van der Waals surface area contributed by atoms with Gasteiger partial charge in [-0.1, -0.05) is 30.3 Å². The molecular formula is C19H22N2O2. The maximum absolute atomic E-state index is 11.6. The molecule has 2 rings (SSSR count). The maximum Gasteiger partial charge on any atom is 0.333 e. The molecule has 1 aromatic heterocycles. The zero-order chi connectivity index (χ0) is 16.7. The molecule has 0 amide bonds. The van der Waals surface area contributed by atoms with Crippen LogP contribution in [0.3, 0.4) is 0 Å². The molecule has 4 nitrogen and oxygen atoms in total. The van der Waals surface area contributed by atoms with Crippen LogP contribution in [-0.4, -0.2) is 24.1 Å². The number of nitrogens with zero attached hydrogens (tertiary/aromatic N) is 1. The summed E-state index contributed by atoms with van der Waals surface area (Å²) in [6.45, 7) is 4.45. The Bertz CT molecular complexity index is 664. The summed E-state index contributed by atoms with van der Waals surface area (Å²) in [6, 6.07) is 12.0. The lowest BCUT2D eigenvalue weighted by Crippen LogP contribution is -2.14. The molecule has 4 heteroatoms. The topological polar surface area (TPSA) is 65.2 Å². The molecule has 0 aliphatic carbocycles. The number of pyridine rings is 1. The van der Waals surface area contributed by atoms with Crippen molar-refractivity contribution in [2.75, 3.05) is 13.2 Å². The summed E-state index contributed by atoms with van der Waals surface area (Å²) in [6.07, 6.45) is 5.42. The predicted molar refractivity (Wildman–Crippen MR) is 91.9 cm³/mol. The summed E-state index contributed by atoms with van der Waals surface area (Å²) < 4.78 is 4.98. The number of nitrogens with two attached hydrogens (primary N) is 1. The van der Waals surface area contributed by atoms with Gasteiger partial charge in [0.1, 0.15) is 0 Å². The Labute approximate surface area is 137 Å². The molecule has 0 aliphatic heterocycles. The highest BCUT2D eigenvalue weighted by Gasteiger charge is 2.12. The van der Waals surface area contributed by atoms with E-state index in [4.69, 9.17) is 10.5 Å². The second kappa shape index (κ2) is 8.25. The van der Waals surface area contributed by atoms with Gasteiger partial charge in [0.2, 0.25) is 0 Å². The van der Waals surface area contributed by atoms with Crippen molar-refractivity contribution in [3.8, 4) is 0 Å². The Morgan fingerprint density at radius 3 is 2.57 bits per heavy atom. The first-order valence-electron chi connectivity index (χ1n) is 7.71. The van der Waals surface area contributed by atoms with E-state index >= 15 is 0 Å². The van der Waals surface area contributed by atoms with Gasteiger partial charge in [-0.3, -0.25) is 4.98 Å². The normalized spacial score (nSPS) is 12.7. The fourth-order valence-electron chi connectivity index (χ4n) is 2.43. The quantitative estimate of drug-likeness (QED) is 0.657. The monoisotopic (exact) mass is 310 g/mol. The first kappa shape index (κ1) is 16.9. The zero-order valence-electron chi connectivity index (χ0n) is 13.5. The van der Waals surface area contributed by atoms with Gasteiger partial charge < -0.3 is 10.5 Å². The van der Waals surface area contributed by atoms with Crippen LogP contribution in [0, 0.1) is 0 Å². The number of hydrogen-bond acceptors (Lipinski definition) is 4. The van der Waals surface area contributed by atoms with Crippen LogP contribution >= 0.6 is 0 Å². The molecular weight excluding hydrogens is 288 g/mol. The molecule has 0 saturated carbocycles. The average molecular weight is 310 g/mol. The Kier molecular flexibility index (Phi) is 6.06. The lowest BCUT2D eigenvalue weighted by atomic mass is 9.92. The van der Waals surface area contributed by atoms with Gasteiger partial charge in [0.25, 0.3) is 0 Å². The van der Waals surface area contributed by atoms with E-state index in [1.54, 1.807) is 20.0 Å². The van der Waals surface area contributed by atoms with Gasteiger partial charge in [0, 0.05) is 30.4 Å². The van der Waals surface area contributed by atoms with Crippen LogP contribution in [0.5, 0.6) is 0 Å². The van der Waals surface area contributed by atoms with E-state index in [9.17, 15) is 4.79 Å². The summed E-state index contributed by atoms with van der Waals surface area (Å²) >= 11 is 0. The molecule has 0 fully saturated rings. The molecule has 1 heterocycles. The molecule has 1 aromatic carbocycles. The van der Waals surface area contributed by atoms with E-state index in [1.807, 2.05) is 48.7 Å². The van der Waals surface area contributed by atoms with Crippen LogP contribution in [0.2, 0.25) is 0 Å². The van der Waals surface area contributed by atoms with Gasteiger partial charge in [0.05, 0.1) is 6.61 Å². The summed E-state index contributed by atoms with van der Waals surface area (Å²) in [5, 5.41) is 0. The van der Waals surface area contributed by atoms with Crippen molar-refractivity contribution in [3.63, 3.8) is 0 Å². The molecule has 0 saturated heterocycles. The second-order valence-corrected chi connectivity index (χ2v) is 5.29. The number of carbonyl (C=O) groups is 1. The lowest BCUT2D eigenvalue weighted by molar-refractivity contribution is -0.138. The van der Waals surface area contributed by atoms with Crippen LogP contribution in [0.15, 0.2) is 54.4 Å². The van der Waals surface area contributed by atoms with E-state index < -0.39 is 0 Å². The molecule has 0 aliphatic rings. The minimum Gasteiger partial charge on any atom is -0.463 e. The molecule has 0 bridgehead atoms. The van der Waals surface area contributed by atoms with Crippen LogP contribution < -0.4 is 5.73 Å². The first-order chi connectivity index (χ1) is 11.2. The fraction of sp³-hybridized carbons (Fsp3) is 0.263. The predicted octanol–water partition coefficient (Wildman–Crippen LogP) is 3.14. The van der Waals surface area contributed by atoms with Gasteiger partial charge in [-0.2, -0.15) is 0 Å². The van der Waals surface area contributed by atoms with Gasteiger partial charge >= 0.3 is 5.97 Å². The average Bonchev–Trinajstić information content (AvgIpc) is 2.58. The minimum absolute atomic E-state index is 0.118. The van der Waals surface area contributed by atoms with Crippen molar-refractivity contribution in [2.45, 2.75) is 19.8 Å². The molecule has 0 spiro atoms. The van der Waals surface area contributed by atoms with Crippen molar-refractivity contribution in [1.82, 2.24) is 4.98 Å². The lowest BCUT2D eigenvalue weighted by Gasteiger charge is -2.15. The maximum atomic E-state index is 11.6. The number of carbonyl (C=O) groups excluding carboxylic acids is 1. The summed E-state index contributed by atoms with van der Waals surface area (Å²) in [4.78, 5) is 15.8. The third kappa shape index (κ3) is 4.50. The van der Waals surface area contributed by atoms with Crippen LogP contribution in [0.1, 0.15) is 36.5 Å². The number of benzene rings is 1. The highest BCUT2D eigenvalue weighted by molar-refractivity contribution is 5.92. The number of ether oxygens (including phenoxy) is 1. The molecule has 2 aromatic rings. The van der Waals surface area contributed by atoms with Crippen molar-refractivity contribution in [1.29, 1.82) is 0 Å². The van der Waals surface area contributed by atoms with Gasteiger partial charge in [-0.05, 0) is 42.7 Å². The van der Waals surface area contributed by atoms with Crippen LogP contribution in [0.4, 0.5) is 0 Å². The third-order valence-corrected chi connectivity index (χ3v) is 3.64. The van der Waals surface area contributed by atoms with E-state index in [-0.39, 0.29) is 11.9 Å². The largest absolute Gasteiger partial charge is 0.463 e. The third-order valence-electron chi connectivity index (χ3n) is 3.64. The van der Waals surface area contributed by atoms with Gasteiger partial charge in [-0.25, -0.2) is 4.79 Å². The van der Waals surface area contributed by atoms with Gasteiger partial charge in [0.15, 0.2) is 0 Å². The second-order valence-electron chi connectivity index (χ2n) is 5.29. The number of esters is 1. The molecule has 120 valence electrons. The van der Waals surface area contributed by atoms with E-state index in [0.29, 0.717) is 18.7 Å². The van der Waals surface area contributed by atoms with E-state index in [0.717, 1.165) is 16.7 Å². The molecule has 1 unspecified atom stereocenters.